The van der Waals surface area contributed by atoms with E-state index < -0.39 is 0 Å². The minimum atomic E-state index is -0.136. The number of rotatable bonds is 5. The van der Waals surface area contributed by atoms with Crippen LogP contribution in [-0.2, 0) is 18.3 Å². The highest BCUT2D eigenvalue weighted by atomic mass is 35.5. The average Bonchev–Trinajstić information content (AvgIpc) is 2.54. The van der Waals surface area contributed by atoms with E-state index in [-0.39, 0.29) is 30.3 Å². The molecular formula is C13H25ClN4O. The Morgan fingerprint density at radius 3 is 2.42 bits per heavy atom. The lowest BCUT2D eigenvalue weighted by Crippen LogP contribution is -2.39. The smallest absolute Gasteiger partial charge is 0.224 e. The molecule has 0 aliphatic carbocycles. The van der Waals surface area contributed by atoms with E-state index in [0.29, 0.717) is 6.54 Å². The zero-order chi connectivity index (χ0) is 13.9. The van der Waals surface area contributed by atoms with Crippen molar-refractivity contribution in [2.75, 3.05) is 6.54 Å². The Morgan fingerprint density at radius 1 is 1.42 bits per heavy atom. The van der Waals surface area contributed by atoms with Crippen LogP contribution in [0.3, 0.4) is 0 Å². The van der Waals surface area contributed by atoms with Gasteiger partial charge in [-0.3, -0.25) is 9.48 Å². The van der Waals surface area contributed by atoms with Gasteiger partial charge in [-0.05, 0) is 32.8 Å². The summed E-state index contributed by atoms with van der Waals surface area (Å²) in [4.78, 5) is 11.7. The van der Waals surface area contributed by atoms with Crippen molar-refractivity contribution >= 4 is 18.3 Å². The number of hydrogen-bond acceptors (Lipinski definition) is 3. The van der Waals surface area contributed by atoms with E-state index in [4.69, 9.17) is 5.73 Å². The van der Waals surface area contributed by atoms with Gasteiger partial charge in [0.25, 0.3) is 0 Å². The monoisotopic (exact) mass is 288 g/mol. The van der Waals surface area contributed by atoms with Gasteiger partial charge >= 0.3 is 0 Å². The SMILES string of the molecule is Cc1nn(C)c(C)c1CC(C)NC(=O)C(C)CN.Cl. The van der Waals surface area contributed by atoms with Crippen molar-refractivity contribution in [1.82, 2.24) is 15.1 Å². The Bertz CT molecular complexity index is 431. The Labute approximate surface area is 121 Å². The molecule has 0 saturated heterocycles. The van der Waals surface area contributed by atoms with E-state index in [2.05, 4.69) is 10.4 Å². The summed E-state index contributed by atoms with van der Waals surface area (Å²) in [5, 5.41) is 7.36. The predicted molar refractivity (Wildman–Crippen MR) is 79.5 cm³/mol. The van der Waals surface area contributed by atoms with Gasteiger partial charge in [-0.25, -0.2) is 0 Å². The summed E-state index contributed by atoms with van der Waals surface area (Å²) in [6.45, 7) is 8.27. The lowest BCUT2D eigenvalue weighted by Gasteiger charge is -2.17. The Kier molecular flexibility index (Phi) is 7.08. The highest BCUT2D eigenvalue weighted by molar-refractivity contribution is 5.85. The average molecular weight is 289 g/mol. The molecule has 0 spiro atoms. The number of aromatic nitrogens is 2. The zero-order valence-electron chi connectivity index (χ0n) is 12.4. The van der Waals surface area contributed by atoms with Gasteiger partial charge in [0.05, 0.1) is 5.69 Å². The molecule has 0 bridgehead atoms. The molecule has 2 unspecified atom stereocenters. The first kappa shape index (κ1) is 17.9. The van der Waals surface area contributed by atoms with Crippen molar-refractivity contribution in [3.05, 3.63) is 17.0 Å². The van der Waals surface area contributed by atoms with E-state index in [1.165, 1.54) is 5.56 Å². The van der Waals surface area contributed by atoms with Crippen molar-refractivity contribution in [1.29, 1.82) is 0 Å². The van der Waals surface area contributed by atoms with Gasteiger partial charge in [-0.2, -0.15) is 5.10 Å². The van der Waals surface area contributed by atoms with E-state index in [0.717, 1.165) is 17.8 Å². The van der Waals surface area contributed by atoms with E-state index >= 15 is 0 Å². The van der Waals surface area contributed by atoms with Crippen molar-refractivity contribution in [3.8, 4) is 0 Å². The molecule has 3 N–H and O–H groups in total. The second kappa shape index (κ2) is 7.50. The van der Waals surface area contributed by atoms with Gasteiger partial charge < -0.3 is 11.1 Å². The molecule has 0 aromatic carbocycles. The standard InChI is InChI=1S/C13H24N4O.ClH/c1-8(7-14)13(18)15-9(2)6-12-10(3)16-17(5)11(12)4;/h8-9H,6-7,14H2,1-5H3,(H,15,18);1H. The van der Waals surface area contributed by atoms with Crippen molar-refractivity contribution in [3.63, 3.8) is 0 Å². The van der Waals surface area contributed by atoms with Gasteiger partial charge in [0, 0.05) is 31.2 Å². The number of halogens is 1. The van der Waals surface area contributed by atoms with Crippen LogP contribution in [0.4, 0.5) is 0 Å². The molecular weight excluding hydrogens is 264 g/mol. The molecule has 0 aliphatic rings. The van der Waals surface area contributed by atoms with Crippen LogP contribution >= 0.6 is 12.4 Å². The van der Waals surface area contributed by atoms with E-state index in [9.17, 15) is 4.79 Å². The van der Waals surface area contributed by atoms with Crippen LogP contribution < -0.4 is 11.1 Å². The molecule has 0 saturated carbocycles. The Morgan fingerprint density at radius 2 is 2.00 bits per heavy atom. The summed E-state index contributed by atoms with van der Waals surface area (Å²) in [6.07, 6.45) is 0.800. The summed E-state index contributed by atoms with van der Waals surface area (Å²) >= 11 is 0. The van der Waals surface area contributed by atoms with Crippen LogP contribution in [0.5, 0.6) is 0 Å². The fourth-order valence-corrected chi connectivity index (χ4v) is 1.96. The fraction of sp³-hybridized carbons (Fsp3) is 0.692. The molecule has 1 aromatic rings. The van der Waals surface area contributed by atoms with Crippen LogP contribution in [0.2, 0.25) is 0 Å². The van der Waals surface area contributed by atoms with Crippen LogP contribution in [0.25, 0.3) is 0 Å². The van der Waals surface area contributed by atoms with Gasteiger partial charge in [-0.1, -0.05) is 6.92 Å². The number of aryl methyl sites for hydroxylation is 2. The second-order valence-electron chi connectivity index (χ2n) is 5.02. The van der Waals surface area contributed by atoms with E-state index in [1.54, 1.807) is 0 Å². The molecule has 19 heavy (non-hydrogen) atoms. The molecule has 0 aliphatic heterocycles. The maximum Gasteiger partial charge on any atom is 0.224 e. The molecule has 1 aromatic heterocycles. The first-order valence-corrected chi connectivity index (χ1v) is 6.36. The summed E-state index contributed by atoms with van der Waals surface area (Å²) < 4.78 is 1.88. The van der Waals surface area contributed by atoms with Crippen LogP contribution in [0.15, 0.2) is 0 Å². The molecule has 1 heterocycles. The maximum absolute atomic E-state index is 11.7. The predicted octanol–water partition coefficient (Wildman–Crippen LogP) is 1.10. The highest BCUT2D eigenvalue weighted by Gasteiger charge is 2.17. The van der Waals surface area contributed by atoms with Crippen LogP contribution in [0.1, 0.15) is 30.8 Å². The lowest BCUT2D eigenvalue weighted by molar-refractivity contribution is -0.124. The third kappa shape index (κ3) is 4.51. The second-order valence-corrected chi connectivity index (χ2v) is 5.02. The Balaban J connectivity index is 0.00000324. The lowest BCUT2D eigenvalue weighted by atomic mass is 10.0. The van der Waals surface area contributed by atoms with Crippen molar-refractivity contribution < 1.29 is 4.79 Å². The van der Waals surface area contributed by atoms with Gasteiger partial charge in [0.15, 0.2) is 0 Å². The minimum Gasteiger partial charge on any atom is -0.353 e. The third-order valence-electron chi connectivity index (χ3n) is 3.36. The summed E-state index contributed by atoms with van der Waals surface area (Å²) in [5.74, 6) is -0.118. The normalized spacial score (nSPS) is 13.6. The first-order valence-electron chi connectivity index (χ1n) is 6.36. The highest BCUT2D eigenvalue weighted by Crippen LogP contribution is 2.14. The number of nitrogens with one attached hydrogen (secondary N) is 1. The zero-order valence-corrected chi connectivity index (χ0v) is 13.2. The molecule has 2 atom stereocenters. The number of nitrogens with zero attached hydrogens (tertiary/aromatic N) is 2. The fourth-order valence-electron chi connectivity index (χ4n) is 1.96. The topological polar surface area (TPSA) is 72.9 Å². The molecule has 6 heteroatoms. The molecule has 110 valence electrons. The van der Waals surface area contributed by atoms with Gasteiger partial charge in [0.2, 0.25) is 5.91 Å². The quantitative estimate of drug-likeness (QED) is 0.852. The maximum atomic E-state index is 11.7. The molecule has 5 nitrogen and oxygen atoms in total. The Hall–Kier alpha value is -1.07. The van der Waals surface area contributed by atoms with Crippen molar-refractivity contribution in [2.45, 2.75) is 40.2 Å². The molecule has 1 rings (SSSR count). The number of carbonyl (C=O) groups is 1. The molecule has 0 radical (unpaired) electrons. The number of hydrogen-bond donors (Lipinski definition) is 2. The number of nitrogens with two attached hydrogens (primary N) is 1. The van der Waals surface area contributed by atoms with Gasteiger partial charge in [-0.15, -0.1) is 12.4 Å². The molecule has 1 amide bonds. The third-order valence-corrected chi connectivity index (χ3v) is 3.36. The largest absolute Gasteiger partial charge is 0.353 e. The number of carbonyl (C=O) groups excluding carboxylic acids is 1. The molecule has 0 fully saturated rings. The van der Waals surface area contributed by atoms with Crippen molar-refractivity contribution in [2.24, 2.45) is 18.7 Å². The van der Waals surface area contributed by atoms with Crippen LogP contribution in [0, 0.1) is 19.8 Å². The minimum absolute atomic E-state index is 0. The summed E-state index contributed by atoms with van der Waals surface area (Å²) in [6, 6.07) is 0.0908. The van der Waals surface area contributed by atoms with Crippen LogP contribution in [-0.4, -0.2) is 28.3 Å². The summed E-state index contributed by atoms with van der Waals surface area (Å²) in [7, 11) is 1.94. The number of amides is 1. The van der Waals surface area contributed by atoms with E-state index in [1.807, 2.05) is 39.4 Å². The van der Waals surface area contributed by atoms with Gasteiger partial charge in [0.1, 0.15) is 0 Å². The first-order chi connectivity index (χ1) is 8.36. The summed E-state index contributed by atoms with van der Waals surface area (Å²) in [5.41, 5.74) is 8.88.